The van der Waals surface area contributed by atoms with Crippen LogP contribution >= 0.6 is 0 Å². The molecule has 0 spiro atoms. The molecule has 2 rings (SSSR count). The molecule has 0 heterocycles. The molecule has 0 aliphatic carbocycles. The molecule has 2 aromatic rings. The molecule has 0 atom stereocenters. The average molecular weight is 238 g/mol. The Morgan fingerprint density at radius 1 is 1.00 bits per heavy atom. The molecule has 0 unspecified atom stereocenters. The zero-order chi connectivity index (χ0) is 13.0. The Kier molecular flexibility index (Phi) is 3.44. The quantitative estimate of drug-likeness (QED) is 0.501. The molecule has 0 radical (unpaired) electrons. The van der Waals surface area contributed by atoms with Gasteiger partial charge in [0.1, 0.15) is 0 Å². The Balaban J connectivity index is 2.43. The summed E-state index contributed by atoms with van der Waals surface area (Å²) in [6.45, 7) is 0. The highest BCUT2D eigenvalue weighted by molar-refractivity contribution is 6.19. The number of nitrogen functional groups attached to an aromatic ring is 1. The molecule has 2 aromatic carbocycles. The standard InChI is InChI=1S/C15H13NO2/c16-13-8-6-11(7-9-13)10-14(15(17)18)12-4-2-1-3-5-12/h1-10H,16H2,(H,17,18)/p-1. The first-order chi connectivity index (χ1) is 8.66. The Morgan fingerprint density at radius 2 is 1.61 bits per heavy atom. The Bertz CT molecular complexity index is 571. The summed E-state index contributed by atoms with van der Waals surface area (Å²) in [5.41, 5.74) is 7.76. The maximum absolute atomic E-state index is 11.2. The second-order valence-corrected chi connectivity index (χ2v) is 3.88. The van der Waals surface area contributed by atoms with E-state index >= 15 is 0 Å². The van der Waals surface area contributed by atoms with Crippen LogP contribution in [0.4, 0.5) is 5.69 Å². The molecule has 2 N–H and O–H groups in total. The lowest BCUT2D eigenvalue weighted by Crippen LogP contribution is -2.23. The number of hydrogen-bond donors (Lipinski definition) is 1. The summed E-state index contributed by atoms with van der Waals surface area (Å²) in [5, 5.41) is 11.2. The zero-order valence-corrected chi connectivity index (χ0v) is 9.67. The van der Waals surface area contributed by atoms with Crippen molar-refractivity contribution in [1.29, 1.82) is 0 Å². The molecule has 90 valence electrons. The van der Waals surface area contributed by atoms with Gasteiger partial charge < -0.3 is 15.6 Å². The predicted molar refractivity (Wildman–Crippen MR) is 70.2 cm³/mol. The Labute approximate surface area is 105 Å². The molecule has 0 bridgehead atoms. The van der Waals surface area contributed by atoms with Crippen LogP contribution in [0.25, 0.3) is 11.6 Å². The average Bonchev–Trinajstić information content (AvgIpc) is 2.38. The molecule has 3 nitrogen and oxygen atoms in total. The molecule has 3 heteroatoms. The van der Waals surface area contributed by atoms with Gasteiger partial charge in [0.15, 0.2) is 0 Å². The van der Waals surface area contributed by atoms with E-state index in [0.29, 0.717) is 11.3 Å². The number of carboxylic acids is 1. The highest BCUT2D eigenvalue weighted by Gasteiger charge is 2.02. The third-order valence-corrected chi connectivity index (χ3v) is 2.55. The zero-order valence-electron chi connectivity index (χ0n) is 9.67. The van der Waals surface area contributed by atoms with E-state index in [9.17, 15) is 9.90 Å². The van der Waals surface area contributed by atoms with E-state index < -0.39 is 5.97 Å². The van der Waals surface area contributed by atoms with Gasteiger partial charge in [-0.3, -0.25) is 0 Å². The van der Waals surface area contributed by atoms with Gasteiger partial charge in [0.2, 0.25) is 0 Å². The lowest BCUT2D eigenvalue weighted by molar-refractivity contribution is -0.295. The van der Waals surface area contributed by atoms with E-state index in [1.807, 2.05) is 6.07 Å². The number of carboxylic acid groups (broad SMARTS) is 1. The van der Waals surface area contributed by atoms with Crippen LogP contribution in [0.5, 0.6) is 0 Å². The third kappa shape index (κ3) is 2.77. The first-order valence-corrected chi connectivity index (χ1v) is 5.51. The highest BCUT2D eigenvalue weighted by Crippen LogP contribution is 2.18. The van der Waals surface area contributed by atoms with Gasteiger partial charge in [-0.05, 0) is 29.3 Å². The predicted octanol–water partition coefficient (Wildman–Crippen LogP) is 1.56. The Morgan fingerprint density at radius 3 is 2.17 bits per heavy atom. The van der Waals surface area contributed by atoms with E-state index in [1.165, 1.54) is 0 Å². The van der Waals surface area contributed by atoms with Crippen molar-refractivity contribution in [2.45, 2.75) is 0 Å². The van der Waals surface area contributed by atoms with E-state index in [4.69, 9.17) is 5.73 Å². The summed E-state index contributed by atoms with van der Waals surface area (Å²) in [7, 11) is 0. The van der Waals surface area contributed by atoms with Crippen LogP contribution in [0.15, 0.2) is 54.6 Å². The van der Waals surface area contributed by atoms with Gasteiger partial charge in [0, 0.05) is 11.3 Å². The number of carbonyl (C=O) groups is 1. The monoisotopic (exact) mass is 238 g/mol. The van der Waals surface area contributed by atoms with Gasteiger partial charge in [0.05, 0.1) is 5.97 Å². The molecule has 0 amide bonds. The number of benzene rings is 2. The molecular formula is C15H12NO2-. The smallest absolute Gasteiger partial charge is 0.0721 e. The van der Waals surface area contributed by atoms with Crippen LogP contribution in [-0.2, 0) is 4.79 Å². The second-order valence-electron chi connectivity index (χ2n) is 3.88. The first-order valence-electron chi connectivity index (χ1n) is 5.51. The van der Waals surface area contributed by atoms with Gasteiger partial charge in [-0.2, -0.15) is 0 Å². The summed E-state index contributed by atoms with van der Waals surface area (Å²) in [6.07, 6.45) is 1.57. The fourth-order valence-corrected chi connectivity index (χ4v) is 1.64. The van der Waals surface area contributed by atoms with E-state index in [1.54, 1.807) is 54.6 Å². The maximum atomic E-state index is 11.2. The van der Waals surface area contributed by atoms with E-state index in [2.05, 4.69) is 0 Å². The molecule has 0 aliphatic rings. The number of anilines is 1. The number of rotatable bonds is 3. The topological polar surface area (TPSA) is 66.2 Å². The normalized spacial score (nSPS) is 11.2. The lowest BCUT2D eigenvalue weighted by atomic mass is 10.0. The van der Waals surface area contributed by atoms with E-state index in [0.717, 1.165) is 5.56 Å². The van der Waals surface area contributed by atoms with Gasteiger partial charge >= 0.3 is 0 Å². The summed E-state index contributed by atoms with van der Waals surface area (Å²) >= 11 is 0. The molecule has 0 fully saturated rings. The lowest BCUT2D eigenvalue weighted by Gasteiger charge is -2.09. The SMILES string of the molecule is Nc1ccc(C=C(C(=O)[O-])c2ccccc2)cc1. The number of carbonyl (C=O) groups excluding carboxylic acids is 1. The highest BCUT2D eigenvalue weighted by atomic mass is 16.4. The minimum absolute atomic E-state index is 0.153. The summed E-state index contributed by atoms with van der Waals surface area (Å²) in [5.74, 6) is -1.20. The minimum atomic E-state index is -1.20. The number of aliphatic carboxylic acids is 1. The van der Waals surface area contributed by atoms with Crippen LogP contribution in [0.2, 0.25) is 0 Å². The molecule has 0 aromatic heterocycles. The van der Waals surface area contributed by atoms with Crippen LogP contribution in [-0.4, -0.2) is 5.97 Å². The fraction of sp³-hybridized carbons (Fsp3) is 0. The van der Waals surface area contributed by atoms with Crippen molar-refractivity contribution >= 4 is 23.3 Å². The van der Waals surface area contributed by atoms with Gasteiger partial charge in [0.25, 0.3) is 0 Å². The van der Waals surface area contributed by atoms with Crippen molar-refractivity contribution in [3.8, 4) is 0 Å². The van der Waals surface area contributed by atoms with Gasteiger partial charge in [-0.1, -0.05) is 42.5 Å². The molecule has 0 aliphatic heterocycles. The van der Waals surface area contributed by atoms with Crippen molar-refractivity contribution in [2.24, 2.45) is 0 Å². The van der Waals surface area contributed by atoms with Crippen LogP contribution in [0.3, 0.4) is 0 Å². The maximum Gasteiger partial charge on any atom is 0.0721 e. The van der Waals surface area contributed by atoms with Gasteiger partial charge in [-0.15, -0.1) is 0 Å². The van der Waals surface area contributed by atoms with Crippen LogP contribution < -0.4 is 10.8 Å². The second kappa shape index (κ2) is 5.19. The summed E-state index contributed by atoms with van der Waals surface area (Å²) < 4.78 is 0. The molecule has 0 saturated carbocycles. The van der Waals surface area contributed by atoms with Crippen LogP contribution in [0, 0.1) is 0 Å². The number of nitrogens with two attached hydrogens (primary N) is 1. The fourth-order valence-electron chi connectivity index (χ4n) is 1.64. The minimum Gasteiger partial charge on any atom is -0.545 e. The third-order valence-electron chi connectivity index (χ3n) is 2.55. The number of hydrogen-bond acceptors (Lipinski definition) is 3. The van der Waals surface area contributed by atoms with Crippen molar-refractivity contribution < 1.29 is 9.90 Å². The molecular weight excluding hydrogens is 226 g/mol. The van der Waals surface area contributed by atoms with Gasteiger partial charge in [-0.25, -0.2) is 0 Å². The largest absolute Gasteiger partial charge is 0.545 e. The van der Waals surface area contributed by atoms with Crippen molar-refractivity contribution in [3.63, 3.8) is 0 Å². The van der Waals surface area contributed by atoms with Crippen LogP contribution in [0.1, 0.15) is 11.1 Å². The first kappa shape index (κ1) is 11.9. The van der Waals surface area contributed by atoms with Crippen molar-refractivity contribution in [1.82, 2.24) is 0 Å². The molecule has 0 saturated heterocycles. The van der Waals surface area contributed by atoms with Crippen molar-refractivity contribution in [2.75, 3.05) is 5.73 Å². The summed E-state index contributed by atoms with van der Waals surface area (Å²) in [4.78, 5) is 11.2. The van der Waals surface area contributed by atoms with Crippen molar-refractivity contribution in [3.05, 3.63) is 65.7 Å². The Hall–Kier alpha value is -2.55. The van der Waals surface area contributed by atoms with E-state index in [-0.39, 0.29) is 5.57 Å². The summed E-state index contributed by atoms with van der Waals surface area (Å²) in [6, 6.07) is 15.9. The molecule has 18 heavy (non-hydrogen) atoms.